The van der Waals surface area contributed by atoms with Crippen molar-refractivity contribution in [3.8, 4) is 22.8 Å². The largest absolute Gasteiger partial charge is 0.336 e. The van der Waals surface area contributed by atoms with E-state index in [-0.39, 0.29) is 5.82 Å². The number of fused-ring (bicyclic) bond motifs is 2. The molecule has 232 valence electrons. The van der Waals surface area contributed by atoms with Crippen molar-refractivity contribution in [2.24, 2.45) is 5.92 Å². The molecule has 0 unspecified atom stereocenters. The molecule has 9 heteroatoms. The molecule has 1 saturated heterocycles. The number of aromatic amines is 2. The first-order chi connectivity index (χ1) is 21.9. The van der Waals surface area contributed by atoms with Crippen LogP contribution in [-0.4, -0.2) is 68.8 Å². The molecular formula is C36H41FN8. The maximum Gasteiger partial charge on any atom is 0.159 e. The molecule has 0 atom stereocenters. The fourth-order valence-electron chi connectivity index (χ4n) is 6.17. The van der Waals surface area contributed by atoms with Crippen LogP contribution in [-0.2, 0) is 6.42 Å². The van der Waals surface area contributed by atoms with E-state index in [0.717, 1.165) is 72.1 Å². The molecule has 1 fully saturated rings. The second-order valence-electron chi connectivity index (χ2n) is 12.1. The lowest BCUT2D eigenvalue weighted by molar-refractivity contribution is 0.374. The van der Waals surface area contributed by atoms with E-state index in [9.17, 15) is 4.39 Å². The molecule has 1 aliphatic heterocycles. The third kappa shape index (κ3) is 6.95. The summed E-state index contributed by atoms with van der Waals surface area (Å²) >= 11 is 0. The summed E-state index contributed by atoms with van der Waals surface area (Å²) < 4.78 is 14.8. The van der Waals surface area contributed by atoms with E-state index < -0.39 is 0 Å². The molecule has 1 aliphatic rings. The maximum atomic E-state index is 14.8. The Kier molecular flexibility index (Phi) is 9.28. The van der Waals surface area contributed by atoms with Gasteiger partial charge in [0.25, 0.3) is 0 Å². The zero-order valence-corrected chi connectivity index (χ0v) is 26.3. The number of nitrogens with zero attached hydrogens (tertiary/aromatic N) is 5. The molecule has 0 radical (unpaired) electrons. The van der Waals surface area contributed by atoms with Gasteiger partial charge in [-0.05, 0) is 132 Å². The highest BCUT2D eigenvalue weighted by Gasteiger charge is 2.18. The Bertz CT molecular complexity index is 1870. The number of rotatable bonds is 11. The van der Waals surface area contributed by atoms with Crippen molar-refractivity contribution in [1.82, 2.24) is 40.3 Å². The van der Waals surface area contributed by atoms with Crippen molar-refractivity contribution < 1.29 is 4.39 Å². The monoisotopic (exact) mass is 604 g/mol. The summed E-state index contributed by atoms with van der Waals surface area (Å²) in [6, 6.07) is 9.10. The number of benzene rings is 1. The third-order valence-electron chi connectivity index (χ3n) is 8.57. The normalized spacial score (nSPS) is 15.0. The summed E-state index contributed by atoms with van der Waals surface area (Å²) in [5.41, 5.74) is 8.41. The van der Waals surface area contributed by atoms with E-state index in [1.165, 1.54) is 24.5 Å². The smallest absolute Gasteiger partial charge is 0.159 e. The first kappa shape index (κ1) is 30.6. The van der Waals surface area contributed by atoms with Crippen molar-refractivity contribution in [1.29, 1.82) is 0 Å². The van der Waals surface area contributed by atoms with Crippen molar-refractivity contribution >= 4 is 27.5 Å². The van der Waals surface area contributed by atoms with Gasteiger partial charge in [0.2, 0.25) is 0 Å². The maximum absolute atomic E-state index is 14.8. The predicted octanol–water partition coefficient (Wildman–Crippen LogP) is 7.10. The van der Waals surface area contributed by atoms with Gasteiger partial charge < -0.3 is 15.2 Å². The molecule has 0 amide bonds. The van der Waals surface area contributed by atoms with Crippen LogP contribution in [0.15, 0.2) is 73.1 Å². The van der Waals surface area contributed by atoms with Gasteiger partial charge in [-0.3, -0.25) is 15.1 Å². The molecule has 0 spiro atoms. The Morgan fingerprint density at radius 3 is 2.71 bits per heavy atom. The number of piperidine rings is 1. The summed E-state index contributed by atoms with van der Waals surface area (Å²) in [7, 11) is 4.09. The van der Waals surface area contributed by atoms with Gasteiger partial charge in [-0.2, -0.15) is 5.10 Å². The van der Waals surface area contributed by atoms with E-state index in [1.54, 1.807) is 12.3 Å². The first-order valence-corrected chi connectivity index (χ1v) is 15.8. The van der Waals surface area contributed by atoms with Crippen molar-refractivity contribution in [3.05, 3.63) is 90.2 Å². The van der Waals surface area contributed by atoms with E-state index in [2.05, 4.69) is 55.2 Å². The Morgan fingerprint density at radius 2 is 1.93 bits per heavy atom. The van der Waals surface area contributed by atoms with E-state index in [4.69, 9.17) is 9.97 Å². The minimum atomic E-state index is -0.274. The van der Waals surface area contributed by atoms with E-state index in [1.807, 2.05) is 45.4 Å². The summed E-state index contributed by atoms with van der Waals surface area (Å²) in [4.78, 5) is 19.9. The van der Waals surface area contributed by atoms with Gasteiger partial charge in [-0.15, -0.1) is 0 Å². The van der Waals surface area contributed by atoms with Crippen molar-refractivity contribution in [2.75, 3.05) is 33.7 Å². The molecule has 5 heterocycles. The van der Waals surface area contributed by atoms with Crippen LogP contribution < -0.4 is 5.32 Å². The number of imidazole rings is 1. The summed E-state index contributed by atoms with van der Waals surface area (Å²) in [6.45, 7) is 9.22. The second kappa shape index (κ2) is 13.7. The standard InChI is InChI=1S/C36H41FN8/c1-5-23(16-24-9-12-38-13-10-24)17-26(6-2)31-21-29-32(22-40-31)43-44-34(29)36-41-30-11-14-39-33(35(30)42-36)27-18-25(19-28(37)20-27)8-7-15-45(3)4/h5-6,11,14,17-22,24,38H,1,7-10,12-13,15-16H2,2-4H3,(H,41,42)(H,43,44)/b23-17+,26-6+. The zero-order chi connectivity index (χ0) is 31.3. The van der Waals surface area contributed by atoms with Crippen molar-refractivity contribution in [3.63, 3.8) is 0 Å². The van der Waals surface area contributed by atoms with Gasteiger partial charge in [0.05, 0.1) is 28.6 Å². The van der Waals surface area contributed by atoms with Crippen LogP contribution in [0.1, 0.15) is 43.9 Å². The zero-order valence-electron chi connectivity index (χ0n) is 26.3. The summed E-state index contributed by atoms with van der Waals surface area (Å²) in [5.74, 6) is 1.00. The number of nitrogens with one attached hydrogen (secondary N) is 3. The number of aromatic nitrogens is 6. The Hall–Kier alpha value is -4.47. The molecular weight excluding hydrogens is 563 g/mol. The van der Waals surface area contributed by atoms with E-state index >= 15 is 0 Å². The van der Waals surface area contributed by atoms with E-state index in [0.29, 0.717) is 34.2 Å². The van der Waals surface area contributed by atoms with Crippen LogP contribution >= 0.6 is 0 Å². The number of hydrogen-bond acceptors (Lipinski definition) is 6. The average molecular weight is 605 g/mol. The molecule has 1 aromatic carbocycles. The summed E-state index contributed by atoms with van der Waals surface area (Å²) in [5, 5.41) is 12.1. The lowest BCUT2D eigenvalue weighted by Crippen LogP contribution is -2.27. The van der Waals surface area contributed by atoms with Crippen LogP contribution in [0.2, 0.25) is 0 Å². The Labute approximate surface area is 263 Å². The number of halogens is 1. The van der Waals surface area contributed by atoms with Gasteiger partial charge in [-0.1, -0.05) is 18.7 Å². The number of pyridine rings is 2. The predicted molar refractivity (Wildman–Crippen MR) is 181 cm³/mol. The van der Waals surface area contributed by atoms with Crippen LogP contribution in [0.5, 0.6) is 0 Å². The number of hydrogen-bond donors (Lipinski definition) is 3. The Balaban J connectivity index is 1.33. The van der Waals surface area contributed by atoms with Crippen LogP contribution in [0.3, 0.4) is 0 Å². The molecule has 6 rings (SSSR count). The van der Waals surface area contributed by atoms with Gasteiger partial charge in [-0.25, -0.2) is 9.37 Å². The average Bonchev–Trinajstić information content (AvgIpc) is 3.67. The lowest BCUT2D eigenvalue weighted by Gasteiger charge is -2.23. The minimum absolute atomic E-state index is 0.274. The minimum Gasteiger partial charge on any atom is -0.336 e. The topological polar surface area (TPSA) is 98.4 Å². The van der Waals surface area contributed by atoms with Crippen LogP contribution in [0, 0.1) is 11.7 Å². The SMILES string of the molecule is C=C/C(=C\C(=C/C)c1cc2c(-c3nc4c(-c5cc(F)cc(CCCN(C)C)c5)nccc4[nH]3)n[nH]c2cn1)CC1CCNCC1. The summed E-state index contributed by atoms with van der Waals surface area (Å²) in [6.07, 6.45) is 14.9. The second-order valence-corrected chi connectivity index (χ2v) is 12.1. The molecule has 4 aromatic heterocycles. The van der Waals surface area contributed by atoms with Gasteiger partial charge >= 0.3 is 0 Å². The fraction of sp³-hybridized carbons (Fsp3) is 0.333. The molecule has 45 heavy (non-hydrogen) atoms. The lowest BCUT2D eigenvalue weighted by atomic mass is 9.90. The number of allylic oxidation sites excluding steroid dienone is 5. The van der Waals surface area contributed by atoms with Gasteiger partial charge in [0.1, 0.15) is 17.0 Å². The highest BCUT2D eigenvalue weighted by atomic mass is 19.1. The fourth-order valence-corrected chi connectivity index (χ4v) is 6.17. The molecule has 0 bridgehead atoms. The molecule has 3 N–H and O–H groups in total. The van der Waals surface area contributed by atoms with Crippen LogP contribution in [0.4, 0.5) is 4.39 Å². The van der Waals surface area contributed by atoms with Crippen molar-refractivity contribution in [2.45, 2.75) is 39.0 Å². The molecule has 8 nitrogen and oxygen atoms in total. The molecule has 0 saturated carbocycles. The third-order valence-corrected chi connectivity index (χ3v) is 8.57. The van der Waals surface area contributed by atoms with Crippen LogP contribution in [0.25, 0.3) is 50.3 Å². The van der Waals surface area contributed by atoms with Gasteiger partial charge in [0, 0.05) is 17.1 Å². The molecule has 0 aliphatic carbocycles. The quantitative estimate of drug-likeness (QED) is 0.139. The first-order valence-electron chi connectivity index (χ1n) is 15.8. The molecule has 5 aromatic rings. The highest BCUT2D eigenvalue weighted by molar-refractivity contribution is 5.96. The van der Waals surface area contributed by atoms with Gasteiger partial charge in [0.15, 0.2) is 5.82 Å². The highest BCUT2D eigenvalue weighted by Crippen LogP contribution is 2.32. The number of aryl methyl sites for hydroxylation is 1. The Morgan fingerprint density at radius 1 is 1.09 bits per heavy atom. The number of H-pyrrole nitrogens is 2.